The first-order chi connectivity index (χ1) is 8.43. The van der Waals surface area contributed by atoms with E-state index >= 15 is 0 Å². The van der Waals surface area contributed by atoms with E-state index in [2.05, 4.69) is 10.6 Å². The zero-order chi connectivity index (χ0) is 13.7. The third kappa shape index (κ3) is 3.99. The molecule has 0 bridgehead atoms. The summed E-state index contributed by atoms with van der Waals surface area (Å²) < 4.78 is 0. The van der Waals surface area contributed by atoms with Gasteiger partial charge in [-0.2, -0.15) is 0 Å². The van der Waals surface area contributed by atoms with Crippen LogP contribution in [0.4, 0.5) is 4.79 Å². The first-order valence-corrected chi connectivity index (χ1v) is 5.96. The van der Waals surface area contributed by atoms with Crippen molar-refractivity contribution in [2.75, 3.05) is 26.2 Å². The molecule has 1 fully saturated rings. The highest BCUT2D eigenvalue weighted by molar-refractivity contribution is 5.95. The zero-order valence-electron chi connectivity index (χ0n) is 10.6. The van der Waals surface area contributed by atoms with Gasteiger partial charge >= 0.3 is 12.0 Å². The Kier molecular flexibility index (Phi) is 5.08. The van der Waals surface area contributed by atoms with Crippen LogP contribution in [0.25, 0.3) is 0 Å². The maximum atomic E-state index is 11.5. The van der Waals surface area contributed by atoms with E-state index in [0.717, 1.165) is 0 Å². The van der Waals surface area contributed by atoms with E-state index in [-0.39, 0.29) is 12.5 Å². The third-order valence-electron chi connectivity index (χ3n) is 2.96. The number of imide groups is 1. The summed E-state index contributed by atoms with van der Waals surface area (Å²) in [5.74, 6) is -1.68. The molecule has 7 nitrogen and oxygen atoms in total. The second-order valence-corrected chi connectivity index (χ2v) is 4.52. The van der Waals surface area contributed by atoms with Crippen LogP contribution in [-0.2, 0) is 9.59 Å². The predicted molar refractivity (Wildman–Crippen MR) is 63.9 cm³/mol. The highest BCUT2D eigenvalue weighted by Gasteiger charge is 2.35. The van der Waals surface area contributed by atoms with Crippen LogP contribution < -0.4 is 10.6 Å². The molecule has 1 saturated heterocycles. The number of carboxylic acid groups (broad SMARTS) is 1. The fourth-order valence-electron chi connectivity index (χ4n) is 2.09. The summed E-state index contributed by atoms with van der Waals surface area (Å²) in [7, 11) is 0. The molecule has 1 aliphatic heterocycles. The van der Waals surface area contributed by atoms with Crippen molar-refractivity contribution < 1.29 is 19.5 Å². The van der Waals surface area contributed by atoms with E-state index < -0.39 is 23.8 Å². The van der Waals surface area contributed by atoms with Gasteiger partial charge in [-0.15, -0.1) is 0 Å². The van der Waals surface area contributed by atoms with Crippen molar-refractivity contribution in [2.45, 2.75) is 13.8 Å². The molecule has 3 amide bonds. The third-order valence-corrected chi connectivity index (χ3v) is 2.96. The van der Waals surface area contributed by atoms with Gasteiger partial charge in [0.2, 0.25) is 5.91 Å². The van der Waals surface area contributed by atoms with Crippen LogP contribution >= 0.6 is 0 Å². The second kappa shape index (κ2) is 6.34. The van der Waals surface area contributed by atoms with Crippen molar-refractivity contribution in [1.29, 1.82) is 0 Å². The molecule has 0 unspecified atom stereocenters. The Balaban J connectivity index is 2.38. The lowest BCUT2D eigenvalue weighted by molar-refractivity contribution is -0.142. The molecule has 0 saturated carbocycles. The number of likely N-dealkylation sites (tertiary alicyclic amines) is 1. The first kappa shape index (κ1) is 14.4. The van der Waals surface area contributed by atoms with Crippen molar-refractivity contribution in [3.8, 4) is 0 Å². The van der Waals surface area contributed by atoms with Crippen molar-refractivity contribution in [3.63, 3.8) is 0 Å². The van der Waals surface area contributed by atoms with Crippen molar-refractivity contribution in [2.24, 2.45) is 11.8 Å². The number of carbonyl (C=O) groups excluding carboxylic acids is 2. The molecular weight excluding hydrogens is 238 g/mol. The summed E-state index contributed by atoms with van der Waals surface area (Å²) in [6.07, 6.45) is 0. The minimum Gasteiger partial charge on any atom is -0.481 e. The Hall–Kier alpha value is -1.63. The van der Waals surface area contributed by atoms with E-state index in [1.54, 1.807) is 11.8 Å². The van der Waals surface area contributed by atoms with Crippen LogP contribution in [0.3, 0.4) is 0 Å². The van der Waals surface area contributed by atoms with E-state index in [0.29, 0.717) is 19.6 Å². The van der Waals surface area contributed by atoms with Gasteiger partial charge < -0.3 is 10.4 Å². The number of carboxylic acids is 1. The molecule has 1 aliphatic rings. The lowest BCUT2D eigenvalue weighted by atomic mass is 9.99. The van der Waals surface area contributed by atoms with Crippen molar-refractivity contribution >= 4 is 17.9 Å². The van der Waals surface area contributed by atoms with Gasteiger partial charge in [0.25, 0.3) is 0 Å². The summed E-state index contributed by atoms with van der Waals surface area (Å²) >= 11 is 0. The number of nitrogens with one attached hydrogen (secondary N) is 2. The zero-order valence-corrected chi connectivity index (χ0v) is 10.6. The number of amides is 3. The lowest BCUT2D eigenvalue weighted by Crippen LogP contribution is -2.44. The molecule has 1 heterocycles. The van der Waals surface area contributed by atoms with Crippen LogP contribution in [0.5, 0.6) is 0 Å². The molecule has 0 aromatic rings. The molecular formula is C11H19N3O4. The Morgan fingerprint density at radius 1 is 1.33 bits per heavy atom. The number of carbonyl (C=O) groups is 3. The van der Waals surface area contributed by atoms with Crippen molar-refractivity contribution in [1.82, 2.24) is 15.5 Å². The van der Waals surface area contributed by atoms with Gasteiger partial charge in [-0.05, 0) is 12.8 Å². The number of hydrogen-bond donors (Lipinski definition) is 3. The minimum absolute atomic E-state index is 0.0137. The quantitative estimate of drug-likeness (QED) is 0.629. The maximum Gasteiger partial charge on any atom is 0.321 e. The highest BCUT2D eigenvalue weighted by atomic mass is 16.4. The van der Waals surface area contributed by atoms with Crippen LogP contribution in [-0.4, -0.2) is 54.1 Å². The molecule has 0 spiro atoms. The summed E-state index contributed by atoms with van der Waals surface area (Å²) in [6.45, 7) is 5.00. The van der Waals surface area contributed by atoms with Gasteiger partial charge in [-0.1, -0.05) is 6.92 Å². The average molecular weight is 257 g/mol. The van der Waals surface area contributed by atoms with Crippen molar-refractivity contribution in [3.05, 3.63) is 0 Å². The van der Waals surface area contributed by atoms with Gasteiger partial charge in [0.1, 0.15) is 0 Å². The second-order valence-electron chi connectivity index (χ2n) is 4.52. The summed E-state index contributed by atoms with van der Waals surface area (Å²) in [4.78, 5) is 35.3. The normalized spacial score (nSPS) is 23.7. The van der Waals surface area contributed by atoms with Crippen LogP contribution in [0, 0.1) is 11.8 Å². The Bertz CT molecular complexity index is 345. The fraction of sp³-hybridized carbons (Fsp3) is 0.727. The molecule has 2 atom stereocenters. The number of nitrogens with zero attached hydrogens (tertiary/aromatic N) is 1. The number of aliphatic carboxylic acids is 1. The maximum absolute atomic E-state index is 11.5. The molecule has 1 rings (SSSR count). The molecule has 0 aromatic heterocycles. The Labute approximate surface area is 106 Å². The molecule has 18 heavy (non-hydrogen) atoms. The van der Waals surface area contributed by atoms with E-state index in [9.17, 15) is 14.4 Å². The molecule has 0 radical (unpaired) electrons. The van der Waals surface area contributed by atoms with Gasteiger partial charge in [-0.25, -0.2) is 4.79 Å². The molecule has 0 aliphatic carbocycles. The van der Waals surface area contributed by atoms with Gasteiger partial charge in [0, 0.05) is 19.6 Å². The SMILES string of the molecule is CCNC(=O)NC(=O)CN1C[C@@H](C)[C@H](C(=O)O)C1. The van der Waals surface area contributed by atoms with Crippen LogP contribution in [0.1, 0.15) is 13.8 Å². The van der Waals surface area contributed by atoms with E-state index in [4.69, 9.17) is 5.11 Å². The summed E-state index contributed by atoms with van der Waals surface area (Å²) in [6, 6.07) is -0.524. The molecule has 102 valence electrons. The number of rotatable bonds is 4. The lowest BCUT2D eigenvalue weighted by Gasteiger charge is -2.14. The Morgan fingerprint density at radius 3 is 2.50 bits per heavy atom. The highest BCUT2D eigenvalue weighted by Crippen LogP contribution is 2.22. The fourth-order valence-corrected chi connectivity index (χ4v) is 2.09. The standard InChI is InChI=1S/C11H19N3O4/c1-3-12-11(18)13-9(15)6-14-4-7(2)8(5-14)10(16)17/h7-8H,3-6H2,1-2H3,(H,16,17)(H2,12,13,15,18)/t7-,8-/m1/s1. The van der Waals surface area contributed by atoms with E-state index in [1.807, 2.05) is 6.92 Å². The summed E-state index contributed by atoms with van der Waals surface area (Å²) in [5.41, 5.74) is 0. The minimum atomic E-state index is -0.839. The smallest absolute Gasteiger partial charge is 0.321 e. The van der Waals surface area contributed by atoms with Gasteiger partial charge in [0.15, 0.2) is 0 Å². The molecule has 7 heteroatoms. The largest absolute Gasteiger partial charge is 0.481 e. The predicted octanol–water partition coefficient (Wildman–Crippen LogP) is -0.515. The average Bonchev–Trinajstić information content (AvgIpc) is 2.59. The molecule has 3 N–H and O–H groups in total. The first-order valence-electron chi connectivity index (χ1n) is 5.96. The Morgan fingerprint density at radius 2 is 2.00 bits per heavy atom. The number of hydrogen-bond acceptors (Lipinski definition) is 4. The van der Waals surface area contributed by atoms with Crippen LogP contribution in [0.15, 0.2) is 0 Å². The topological polar surface area (TPSA) is 98.7 Å². The monoisotopic (exact) mass is 257 g/mol. The number of urea groups is 1. The van der Waals surface area contributed by atoms with Gasteiger partial charge in [0.05, 0.1) is 12.5 Å². The van der Waals surface area contributed by atoms with Crippen LogP contribution in [0.2, 0.25) is 0 Å². The van der Waals surface area contributed by atoms with E-state index in [1.165, 1.54) is 0 Å². The summed E-state index contributed by atoms with van der Waals surface area (Å²) in [5, 5.41) is 13.6. The molecule has 0 aromatic carbocycles. The van der Waals surface area contributed by atoms with Gasteiger partial charge in [-0.3, -0.25) is 19.8 Å².